The van der Waals surface area contributed by atoms with Crippen LogP contribution in [0.1, 0.15) is 37.6 Å². The van der Waals surface area contributed by atoms with Crippen molar-refractivity contribution in [3.05, 3.63) is 46.5 Å². The van der Waals surface area contributed by atoms with E-state index in [1.807, 2.05) is 0 Å². The Hall–Kier alpha value is -1.39. The van der Waals surface area contributed by atoms with Gasteiger partial charge in [0, 0.05) is 23.4 Å². The van der Waals surface area contributed by atoms with Crippen LogP contribution in [0.3, 0.4) is 0 Å². The summed E-state index contributed by atoms with van der Waals surface area (Å²) in [5, 5.41) is 4.50. The molecule has 0 saturated heterocycles. The van der Waals surface area contributed by atoms with Gasteiger partial charge in [-0.15, -0.1) is 0 Å². The SMILES string of the molecule is CC1(C)Cc2c(cnn2-c2ccc(Cl)c(F)c2)C(N)C1. The minimum Gasteiger partial charge on any atom is -0.324 e. The molecule has 0 fully saturated rings. The van der Waals surface area contributed by atoms with E-state index in [-0.39, 0.29) is 16.5 Å². The van der Waals surface area contributed by atoms with Crippen LogP contribution in [0.15, 0.2) is 24.4 Å². The van der Waals surface area contributed by atoms with Gasteiger partial charge in [-0.25, -0.2) is 9.07 Å². The van der Waals surface area contributed by atoms with Crippen LogP contribution >= 0.6 is 11.6 Å². The molecule has 2 N–H and O–H groups in total. The van der Waals surface area contributed by atoms with Gasteiger partial charge in [0.2, 0.25) is 0 Å². The first-order chi connectivity index (χ1) is 9.37. The normalized spacial score (nSPS) is 20.8. The van der Waals surface area contributed by atoms with Gasteiger partial charge in [0.05, 0.1) is 16.9 Å². The summed E-state index contributed by atoms with van der Waals surface area (Å²) < 4.78 is 15.4. The van der Waals surface area contributed by atoms with Crippen LogP contribution in [0.2, 0.25) is 5.02 Å². The Morgan fingerprint density at radius 3 is 2.90 bits per heavy atom. The smallest absolute Gasteiger partial charge is 0.143 e. The lowest BCUT2D eigenvalue weighted by molar-refractivity contribution is 0.278. The van der Waals surface area contributed by atoms with E-state index in [1.165, 1.54) is 6.07 Å². The van der Waals surface area contributed by atoms with Crippen molar-refractivity contribution in [1.29, 1.82) is 0 Å². The maximum Gasteiger partial charge on any atom is 0.143 e. The van der Waals surface area contributed by atoms with Crippen molar-refractivity contribution in [2.45, 2.75) is 32.7 Å². The van der Waals surface area contributed by atoms with Crippen LogP contribution in [-0.2, 0) is 6.42 Å². The quantitative estimate of drug-likeness (QED) is 0.872. The first kappa shape index (κ1) is 13.6. The van der Waals surface area contributed by atoms with Gasteiger partial charge >= 0.3 is 0 Å². The highest BCUT2D eigenvalue weighted by atomic mass is 35.5. The summed E-state index contributed by atoms with van der Waals surface area (Å²) in [4.78, 5) is 0. The molecule has 1 atom stereocenters. The van der Waals surface area contributed by atoms with Crippen molar-refractivity contribution < 1.29 is 4.39 Å². The molecule has 1 aliphatic rings. The lowest BCUT2D eigenvalue weighted by atomic mass is 9.74. The topological polar surface area (TPSA) is 43.8 Å². The molecule has 1 heterocycles. The lowest BCUT2D eigenvalue weighted by Gasteiger charge is -2.33. The zero-order valence-corrected chi connectivity index (χ0v) is 12.3. The van der Waals surface area contributed by atoms with Crippen LogP contribution in [0.25, 0.3) is 5.69 Å². The molecule has 0 aliphatic heterocycles. The molecule has 5 heteroatoms. The molecular formula is C15H17ClFN3. The Kier molecular flexibility index (Phi) is 3.10. The van der Waals surface area contributed by atoms with Gasteiger partial charge in [-0.2, -0.15) is 5.10 Å². The van der Waals surface area contributed by atoms with E-state index in [0.717, 1.165) is 24.1 Å². The van der Waals surface area contributed by atoms with Gasteiger partial charge in [-0.1, -0.05) is 25.4 Å². The predicted molar refractivity (Wildman–Crippen MR) is 77.6 cm³/mol. The van der Waals surface area contributed by atoms with Crippen molar-refractivity contribution in [3.63, 3.8) is 0 Å². The van der Waals surface area contributed by atoms with Crippen LogP contribution in [0.5, 0.6) is 0 Å². The molecule has 1 aromatic carbocycles. The largest absolute Gasteiger partial charge is 0.324 e. The number of fused-ring (bicyclic) bond motifs is 1. The van der Waals surface area contributed by atoms with Crippen LogP contribution in [-0.4, -0.2) is 9.78 Å². The van der Waals surface area contributed by atoms with Crippen molar-refractivity contribution in [2.75, 3.05) is 0 Å². The number of hydrogen-bond donors (Lipinski definition) is 1. The first-order valence-corrected chi connectivity index (χ1v) is 7.03. The third-order valence-corrected chi connectivity index (χ3v) is 4.17. The second-order valence-corrected chi connectivity index (χ2v) is 6.62. The number of halogens is 2. The number of hydrogen-bond acceptors (Lipinski definition) is 2. The molecule has 3 nitrogen and oxygen atoms in total. The average molecular weight is 294 g/mol. The fourth-order valence-corrected chi connectivity index (χ4v) is 3.06. The summed E-state index contributed by atoms with van der Waals surface area (Å²) in [7, 11) is 0. The average Bonchev–Trinajstić information content (AvgIpc) is 2.75. The number of nitrogens with two attached hydrogens (primary N) is 1. The van der Waals surface area contributed by atoms with Gasteiger partial charge in [-0.05, 0) is 30.4 Å². The molecule has 20 heavy (non-hydrogen) atoms. The van der Waals surface area contributed by atoms with Gasteiger partial charge in [-0.3, -0.25) is 0 Å². The molecule has 3 rings (SSSR count). The van der Waals surface area contributed by atoms with E-state index in [2.05, 4.69) is 18.9 Å². The van der Waals surface area contributed by atoms with Gasteiger partial charge in [0.15, 0.2) is 0 Å². The monoisotopic (exact) mass is 293 g/mol. The minimum absolute atomic E-state index is 0.0142. The maximum atomic E-state index is 13.6. The van der Waals surface area contributed by atoms with Gasteiger partial charge in [0.25, 0.3) is 0 Å². The maximum absolute atomic E-state index is 13.6. The van der Waals surface area contributed by atoms with Gasteiger partial charge < -0.3 is 5.73 Å². The highest BCUT2D eigenvalue weighted by Crippen LogP contribution is 2.40. The fraction of sp³-hybridized carbons (Fsp3) is 0.400. The van der Waals surface area contributed by atoms with Crippen LogP contribution in [0.4, 0.5) is 4.39 Å². The molecule has 0 saturated carbocycles. The number of rotatable bonds is 1. The molecular weight excluding hydrogens is 277 g/mol. The Bertz CT molecular complexity index is 663. The zero-order chi connectivity index (χ0) is 14.5. The lowest BCUT2D eigenvalue weighted by Crippen LogP contribution is -2.30. The molecule has 1 aliphatic carbocycles. The second-order valence-electron chi connectivity index (χ2n) is 6.21. The van der Waals surface area contributed by atoms with Crippen molar-refractivity contribution in [3.8, 4) is 5.69 Å². The molecule has 0 amide bonds. The van der Waals surface area contributed by atoms with Crippen LogP contribution in [0, 0.1) is 11.2 Å². The van der Waals surface area contributed by atoms with E-state index in [1.54, 1.807) is 23.0 Å². The second kappa shape index (κ2) is 4.57. The molecule has 0 spiro atoms. The molecule has 1 unspecified atom stereocenters. The first-order valence-electron chi connectivity index (χ1n) is 6.65. The third-order valence-electron chi connectivity index (χ3n) is 3.87. The molecule has 0 bridgehead atoms. The van der Waals surface area contributed by atoms with Crippen molar-refractivity contribution in [1.82, 2.24) is 9.78 Å². The summed E-state index contributed by atoms with van der Waals surface area (Å²) in [6.45, 7) is 4.38. The molecule has 1 aromatic heterocycles. The summed E-state index contributed by atoms with van der Waals surface area (Å²) in [6.07, 6.45) is 3.60. The molecule has 106 valence electrons. The highest BCUT2D eigenvalue weighted by molar-refractivity contribution is 6.30. The van der Waals surface area contributed by atoms with Crippen molar-refractivity contribution >= 4 is 11.6 Å². The Morgan fingerprint density at radius 1 is 1.45 bits per heavy atom. The number of benzene rings is 1. The van der Waals surface area contributed by atoms with E-state index >= 15 is 0 Å². The fourth-order valence-electron chi connectivity index (χ4n) is 2.94. The zero-order valence-electron chi connectivity index (χ0n) is 11.5. The standard InChI is InChI=1S/C15H17ClFN3/c1-15(2)6-13(18)10-8-19-20(14(10)7-15)9-3-4-11(16)12(17)5-9/h3-5,8,13H,6-7,18H2,1-2H3. The van der Waals surface area contributed by atoms with E-state index in [9.17, 15) is 4.39 Å². The number of nitrogens with zero attached hydrogens (tertiary/aromatic N) is 2. The van der Waals surface area contributed by atoms with E-state index in [0.29, 0.717) is 5.69 Å². The molecule has 2 aromatic rings. The Morgan fingerprint density at radius 2 is 2.20 bits per heavy atom. The predicted octanol–water partition coefficient (Wildman–Crippen LogP) is 3.64. The van der Waals surface area contributed by atoms with Crippen molar-refractivity contribution in [2.24, 2.45) is 11.1 Å². The summed E-state index contributed by atoms with van der Waals surface area (Å²) in [5.74, 6) is -0.437. The number of aromatic nitrogens is 2. The summed E-state index contributed by atoms with van der Waals surface area (Å²) >= 11 is 5.73. The third kappa shape index (κ3) is 2.23. The van der Waals surface area contributed by atoms with E-state index in [4.69, 9.17) is 17.3 Å². The van der Waals surface area contributed by atoms with Gasteiger partial charge in [0.1, 0.15) is 5.82 Å². The van der Waals surface area contributed by atoms with E-state index < -0.39 is 5.82 Å². The Labute approximate surface area is 122 Å². The summed E-state index contributed by atoms with van der Waals surface area (Å²) in [6, 6.07) is 4.71. The Balaban J connectivity index is 2.10. The van der Waals surface area contributed by atoms with Crippen LogP contribution < -0.4 is 5.73 Å². The minimum atomic E-state index is -0.437. The highest BCUT2D eigenvalue weighted by Gasteiger charge is 2.33. The summed E-state index contributed by atoms with van der Waals surface area (Å²) in [5.41, 5.74) is 9.14. The molecule has 0 radical (unpaired) electrons.